The largest absolute Gasteiger partial charge is 0.386 e. The van der Waals surface area contributed by atoms with Crippen molar-refractivity contribution in [3.63, 3.8) is 0 Å². The summed E-state index contributed by atoms with van der Waals surface area (Å²) >= 11 is 0. The number of aromatic amines is 1. The molecule has 1 unspecified atom stereocenters. The Morgan fingerprint density at radius 3 is 2.88 bits per heavy atom. The molecule has 0 bridgehead atoms. The van der Waals surface area contributed by atoms with Gasteiger partial charge in [-0.15, -0.1) is 0 Å². The molecule has 1 atom stereocenters. The smallest absolute Gasteiger partial charge is 0.271 e. The number of hydrogen-bond donors (Lipinski definition) is 3. The van der Waals surface area contributed by atoms with E-state index in [0.717, 1.165) is 24.5 Å². The molecule has 3 rings (SSSR count). The number of carbonyl (C=O) groups is 1. The van der Waals surface area contributed by atoms with Crippen LogP contribution in [0.2, 0.25) is 0 Å². The van der Waals surface area contributed by atoms with Crippen LogP contribution < -0.4 is 10.2 Å². The Morgan fingerprint density at radius 2 is 2.23 bits per heavy atom. The standard InChI is InChI=1S/C18H26N6O2/c1-17(2,3)14-9-13(22-23-14)16(25)21-11-18(26)5-4-8-24(12-18)15-10-19-6-7-20-15/h6-7,9-10,26H,4-5,8,11-12H2,1-3H3,(H,21,25)(H,22,23). The highest BCUT2D eigenvalue weighted by atomic mass is 16.3. The molecule has 3 heterocycles. The molecular formula is C18H26N6O2. The quantitative estimate of drug-likeness (QED) is 0.759. The van der Waals surface area contributed by atoms with Crippen molar-refractivity contribution in [3.8, 4) is 0 Å². The van der Waals surface area contributed by atoms with Crippen LogP contribution in [-0.2, 0) is 5.41 Å². The Balaban J connectivity index is 1.61. The molecule has 0 aromatic carbocycles. The minimum Gasteiger partial charge on any atom is -0.386 e. The van der Waals surface area contributed by atoms with E-state index in [1.807, 2.05) is 25.7 Å². The topological polar surface area (TPSA) is 107 Å². The van der Waals surface area contributed by atoms with Crippen LogP contribution in [0.25, 0.3) is 0 Å². The summed E-state index contributed by atoms with van der Waals surface area (Å²) in [6.45, 7) is 7.53. The van der Waals surface area contributed by atoms with Crippen LogP contribution in [0, 0.1) is 0 Å². The van der Waals surface area contributed by atoms with E-state index in [0.29, 0.717) is 18.7 Å². The van der Waals surface area contributed by atoms with Crippen LogP contribution in [0.15, 0.2) is 24.7 Å². The lowest BCUT2D eigenvalue weighted by Crippen LogP contribution is -2.54. The maximum absolute atomic E-state index is 12.4. The first-order chi connectivity index (χ1) is 12.3. The van der Waals surface area contributed by atoms with E-state index in [4.69, 9.17) is 0 Å². The monoisotopic (exact) mass is 358 g/mol. The van der Waals surface area contributed by atoms with Crippen molar-refractivity contribution in [2.75, 3.05) is 24.5 Å². The third-order valence-electron chi connectivity index (χ3n) is 4.63. The summed E-state index contributed by atoms with van der Waals surface area (Å²) in [5.74, 6) is 0.445. The number of β-amino-alcohol motifs (C(OH)–C–C–N with tert-alkyl or cyclic N) is 1. The molecule has 0 saturated carbocycles. The third-order valence-corrected chi connectivity index (χ3v) is 4.63. The second-order valence-electron chi connectivity index (χ2n) is 7.91. The van der Waals surface area contributed by atoms with Gasteiger partial charge in [0.2, 0.25) is 0 Å². The lowest BCUT2D eigenvalue weighted by Gasteiger charge is -2.39. The van der Waals surface area contributed by atoms with Crippen LogP contribution in [0.4, 0.5) is 5.82 Å². The van der Waals surface area contributed by atoms with E-state index in [9.17, 15) is 9.90 Å². The molecule has 2 aromatic heterocycles. The van der Waals surface area contributed by atoms with E-state index in [2.05, 4.69) is 25.5 Å². The number of piperidine rings is 1. The van der Waals surface area contributed by atoms with Gasteiger partial charge in [-0.25, -0.2) is 4.98 Å². The van der Waals surface area contributed by atoms with E-state index in [1.54, 1.807) is 24.7 Å². The minimum absolute atomic E-state index is 0.107. The molecule has 1 amide bonds. The van der Waals surface area contributed by atoms with Crippen molar-refractivity contribution in [1.82, 2.24) is 25.5 Å². The van der Waals surface area contributed by atoms with E-state index in [1.165, 1.54) is 0 Å². The summed E-state index contributed by atoms with van der Waals surface area (Å²) in [5, 5.41) is 20.7. The van der Waals surface area contributed by atoms with Crippen molar-refractivity contribution in [2.24, 2.45) is 0 Å². The predicted octanol–water partition coefficient (Wildman–Crippen LogP) is 1.26. The fourth-order valence-electron chi connectivity index (χ4n) is 3.06. The summed E-state index contributed by atoms with van der Waals surface area (Å²) in [4.78, 5) is 22.7. The van der Waals surface area contributed by atoms with Crippen LogP contribution in [0.1, 0.15) is 49.8 Å². The zero-order valence-corrected chi connectivity index (χ0v) is 15.5. The molecule has 3 N–H and O–H groups in total. The third kappa shape index (κ3) is 4.19. The summed E-state index contributed by atoms with van der Waals surface area (Å²) in [5.41, 5.74) is 0.117. The number of H-pyrrole nitrogens is 1. The zero-order valence-electron chi connectivity index (χ0n) is 15.5. The van der Waals surface area contributed by atoms with Gasteiger partial charge in [-0.1, -0.05) is 20.8 Å². The van der Waals surface area contributed by atoms with Crippen molar-refractivity contribution < 1.29 is 9.90 Å². The van der Waals surface area contributed by atoms with Crippen molar-refractivity contribution >= 4 is 11.7 Å². The molecule has 1 saturated heterocycles. The van der Waals surface area contributed by atoms with Crippen molar-refractivity contribution in [3.05, 3.63) is 36.0 Å². The molecule has 8 heteroatoms. The highest BCUT2D eigenvalue weighted by Crippen LogP contribution is 2.24. The Kier molecular flexibility index (Phi) is 4.95. The molecule has 26 heavy (non-hydrogen) atoms. The molecule has 0 spiro atoms. The predicted molar refractivity (Wildman–Crippen MR) is 98.0 cm³/mol. The number of anilines is 1. The summed E-state index contributed by atoms with van der Waals surface area (Å²) < 4.78 is 0. The van der Waals surface area contributed by atoms with Gasteiger partial charge in [-0.3, -0.25) is 14.9 Å². The molecule has 8 nitrogen and oxygen atoms in total. The Hall–Kier alpha value is -2.48. The lowest BCUT2D eigenvalue weighted by atomic mass is 9.92. The molecule has 1 fully saturated rings. The van der Waals surface area contributed by atoms with Gasteiger partial charge in [-0.2, -0.15) is 5.10 Å². The van der Waals surface area contributed by atoms with Crippen molar-refractivity contribution in [1.29, 1.82) is 0 Å². The number of amides is 1. The van der Waals surface area contributed by atoms with Gasteiger partial charge < -0.3 is 15.3 Å². The first-order valence-electron chi connectivity index (χ1n) is 8.84. The van der Waals surface area contributed by atoms with Gasteiger partial charge in [0.25, 0.3) is 5.91 Å². The minimum atomic E-state index is -1.01. The Bertz CT molecular complexity index is 755. The summed E-state index contributed by atoms with van der Waals surface area (Å²) in [6.07, 6.45) is 6.38. The van der Waals surface area contributed by atoms with E-state index in [-0.39, 0.29) is 17.9 Å². The highest BCUT2D eigenvalue weighted by Gasteiger charge is 2.34. The molecule has 1 aliphatic heterocycles. The Labute approximate surface area is 153 Å². The Morgan fingerprint density at radius 1 is 1.42 bits per heavy atom. The van der Waals surface area contributed by atoms with Crippen LogP contribution in [0.5, 0.6) is 0 Å². The van der Waals surface area contributed by atoms with Crippen molar-refractivity contribution in [2.45, 2.75) is 44.6 Å². The fourth-order valence-corrected chi connectivity index (χ4v) is 3.06. The summed E-state index contributed by atoms with van der Waals surface area (Å²) in [6, 6.07) is 1.76. The molecule has 0 aliphatic carbocycles. The number of nitrogens with zero attached hydrogens (tertiary/aromatic N) is 4. The second-order valence-corrected chi connectivity index (χ2v) is 7.91. The molecule has 0 radical (unpaired) electrons. The maximum Gasteiger partial charge on any atom is 0.271 e. The number of aromatic nitrogens is 4. The average Bonchev–Trinajstić information content (AvgIpc) is 3.11. The lowest BCUT2D eigenvalue weighted by molar-refractivity contribution is 0.0253. The molecule has 2 aromatic rings. The van der Waals surface area contributed by atoms with Gasteiger partial charge >= 0.3 is 0 Å². The van der Waals surface area contributed by atoms with E-state index >= 15 is 0 Å². The molecule has 140 valence electrons. The van der Waals surface area contributed by atoms with Crippen LogP contribution >= 0.6 is 0 Å². The first kappa shape index (κ1) is 18.3. The van der Waals surface area contributed by atoms with Gasteiger partial charge in [-0.05, 0) is 18.9 Å². The number of rotatable bonds is 4. The fraction of sp³-hybridized carbons (Fsp3) is 0.556. The first-order valence-corrected chi connectivity index (χ1v) is 8.84. The number of hydrogen-bond acceptors (Lipinski definition) is 6. The number of carbonyl (C=O) groups excluding carboxylic acids is 1. The van der Waals surface area contributed by atoms with Gasteiger partial charge in [0.15, 0.2) is 0 Å². The molecular weight excluding hydrogens is 332 g/mol. The summed E-state index contributed by atoms with van der Waals surface area (Å²) in [7, 11) is 0. The number of nitrogens with one attached hydrogen (secondary N) is 2. The SMILES string of the molecule is CC(C)(C)c1cc(C(=O)NCC2(O)CCCN(c3cnccn3)C2)n[nH]1. The highest BCUT2D eigenvalue weighted by molar-refractivity contribution is 5.92. The number of aliphatic hydroxyl groups is 1. The van der Waals surface area contributed by atoms with Crippen LogP contribution in [0.3, 0.4) is 0 Å². The van der Waals surface area contributed by atoms with Gasteiger partial charge in [0, 0.05) is 43.1 Å². The van der Waals surface area contributed by atoms with Crippen LogP contribution in [-0.4, -0.2) is 56.4 Å². The zero-order chi connectivity index (χ0) is 18.8. The maximum atomic E-state index is 12.4. The average molecular weight is 358 g/mol. The van der Waals surface area contributed by atoms with Gasteiger partial charge in [0.05, 0.1) is 11.8 Å². The molecule has 1 aliphatic rings. The second kappa shape index (κ2) is 7.03. The van der Waals surface area contributed by atoms with Gasteiger partial charge in [0.1, 0.15) is 11.5 Å². The van der Waals surface area contributed by atoms with E-state index < -0.39 is 5.60 Å². The normalized spacial score (nSPS) is 20.8.